The van der Waals surface area contributed by atoms with Crippen molar-refractivity contribution < 1.29 is 9.53 Å². The summed E-state index contributed by atoms with van der Waals surface area (Å²) in [5.74, 6) is 0.575. The zero-order chi connectivity index (χ0) is 16.9. The van der Waals surface area contributed by atoms with Gasteiger partial charge in [-0.25, -0.2) is 0 Å². The van der Waals surface area contributed by atoms with E-state index in [4.69, 9.17) is 16.3 Å². The van der Waals surface area contributed by atoms with Crippen molar-refractivity contribution in [3.05, 3.63) is 58.6 Å². The molecule has 0 spiro atoms. The molecule has 2 N–H and O–H groups in total. The second-order valence-corrected chi connectivity index (χ2v) is 6.37. The number of rotatable bonds is 5. The Bertz CT molecular complexity index is 733. The number of hydrogen-bond donors (Lipinski definition) is 2. The summed E-state index contributed by atoms with van der Waals surface area (Å²) in [6.45, 7) is 4.16. The van der Waals surface area contributed by atoms with Gasteiger partial charge in [-0.1, -0.05) is 30.7 Å². The summed E-state index contributed by atoms with van der Waals surface area (Å²) in [5.41, 5.74) is 2.94. The van der Waals surface area contributed by atoms with Gasteiger partial charge in [-0.15, -0.1) is 0 Å². The summed E-state index contributed by atoms with van der Waals surface area (Å²) in [7, 11) is 0. The average Bonchev–Trinajstić information content (AvgIpc) is 2.59. The van der Waals surface area contributed by atoms with Gasteiger partial charge in [0.25, 0.3) is 0 Å². The second kappa shape index (κ2) is 7.69. The molecule has 126 valence electrons. The zero-order valence-electron chi connectivity index (χ0n) is 13.6. The lowest BCUT2D eigenvalue weighted by Gasteiger charge is -2.24. The van der Waals surface area contributed by atoms with E-state index < -0.39 is 0 Å². The molecule has 1 aliphatic heterocycles. The van der Waals surface area contributed by atoms with Gasteiger partial charge >= 0.3 is 0 Å². The van der Waals surface area contributed by atoms with Crippen LogP contribution in [0.5, 0.6) is 5.75 Å². The van der Waals surface area contributed by atoms with Gasteiger partial charge in [-0.05, 0) is 54.4 Å². The van der Waals surface area contributed by atoms with Crippen LogP contribution >= 0.6 is 11.6 Å². The molecule has 2 aromatic rings. The molecule has 1 heterocycles. The fourth-order valence-electron chi connectivity index (χ4n) is 2.80. The lowest BCUT2D eigenvalue weighted by atomic mass is 9.96. The molecular formula is C19H21ClN2O2. The molecule has 4 nitrogen and oxygen atoms in total. The normalized spacial score (nSPS) is 16.2. The van der Waals surface area contributed by atoms with Crippen LogP contribution in [0.2, 0.25) is 5.02 Å². The maximum Gasteiger partial charge on any atom is 0.231 e. The Morgan fingerprint density at radius 3 is 3.00 bits per heavy atom. The zero-order valence-corrected chi connectivity index (χ0v) is 14.4. The molecule has 0 aromatic heterocycles. The topological polar surface area (TPSA) is 50.4 Å². The summed E-state index contributed by atoms with van der Waals surface area (Å²) in [6, 6.07) is 13.4. The minimum absolute atomic E-state index is 0.0266. The van der Waals surface area contributed by atoms with E-state index in [1.165, 1.54) is 0 Å². The molecule has 3 rings (SSSR count). The minimum Gasteiger partial charge on any atom is -0.492 e. The lowest BCUT2D eigenvalue weighted by Crippen LogP contribution is -2.32. The molecule has 0 saturated heterocycles. The number of amides is 1. The van der Waals surface area contributed by atoms with Gasteiger partial charge in [-0.2, -0.15) is 0 Å². The van der Waals surface area contributed by atoms with Crippen LogP contribution in [0.4, 0.5) is 5.69 Å². The number of carbonyl (C=O) groups excluding carboxylic acids is 1. The molecule has 0 saturated carbocycles. The Kier molecular flexibility index (Phi) is 5.38. The van der Waals surface area contributed by atoms with E-state index >= 15 is 0 Å². The van der Waals surface area contributed by atoms with Gasteiger partial charge in [0.15, 0.2) is 0 Å². The SMILES string of the molecule is CCNCc1cccc(NC(=O)C2COc3ccc(Cl)cc3C2)c1. The molecule has 5 heteroatoms. The molecule has 2 aromatic carbocycles. The smallest absolute Gasteiger partial charge is 0.231 e. The van der Waals surface area contributed by atoms with Crippen molar-refractivity contribution >= 4 is 23.2 Å². The van der Waals surface area contributed by atoms with Gasteiger partial charge in [0, 0.05) is 17.3 Å². The van der Waals surface area contributed by atoms with Crippen LogP contribution in [0, 0.1) is 5.92 Å². The predicted octanol–water partition coefficient (Wildman–Crippen LogP) is 3.64. The molecule has 1 amide bonds. The lowest BCUT2D eigenvalue weighted by molar-refractivity contribution is -0.121. The van der Waals surface area contributed by atoms with Crippen LogP contribution in [-0.4, -0.2) is 19.1 Å². The van der Waals surface area contributed by atoms with Crippen molar-refractivity contribution in [3.63, 3.8) is 0 Å². The molecular weight excluding hydrogens is 324 g/mol. The monoisotopic (exact) mass is 344 g/mol. The molecule has 0 aliphatic carbocycles. The second-order valence-electron chi connectivity index (χ2n) is 5.93. The number of ether oxygens (including phenoxy) is 1. The maximum atomic E-state index is 12.5. The number of benzene rings is 2. The first-order chi connectivity index (χ1) is 11.7. The van der Waals surface area contributed by atoms with Crippen LogP contribution in [0.3, 0.4) is 0 Å². The van der Waals surface area contributed by atoms with Crippen LogP contribution in [0.15, 0.2) is 42.5 Å². The van der Waals surface area contributed by atoms with Crippen molar-refractivity contribution in [2.75, 3.05) is 18.5 Å². The van der Waals surface area contributed by atoms with Crippen LogP contribution in [-0.2, 0) is 17.8 Å². The van der Waals surface area contributed by atoms with Crippen LogP contribution in [0.25, 0.3) is 0 Å². The third-order valence-electron chi connectivity index (χ3n) is 4.07. The number of fused-ring (bicyclic) bond motifs is 1. The van der Waals surface area contributed by atoms with E-state index in [1.807, 2.05) is 36.4 Å². The molecule has 1 atom stereocenters. The van der Waals surface area contributed by atoms with Crippen molar-refractivity contribution in [2.45, 2.75) is 19.9 Å². The Hall–Kier alpha value is -2.04. The van der Waals surface area contributed by atoms with Gasteiger partial charge in [0.05, 0.1) is 5.92 Å². The standard InChI is InChI=1S/C19H21ClN2O2/c1-2-21-11-13-4-3-5-17(8-13)22-19(23)15-9-14-10-16(20)6-7-18(14)24-12-15/h3-8,10,15,21H,2,9,11-12H2,1H3,(H,22,23). The van der Waals surface area contributed by atoms with Crippen molar-refractivity contribution in [1.82, 2.24) is 5.32 Å². The maximum absolute atomic E-state index is 12.5. The number of hydrogen-bond acceptors (Lipinski definition) is 3. The van der Waals surface area contributed by atoms with Crippen molar-refractivity contribution in [3.8, 4) is 5.75 Å². The van der Waals surface area contributed by atoms with E-state index in [1.54, 1.807) is 6.07 Å². The van der Waals surface area contributed by atoms with E-state index in [2.05, 4.69) is 17.6 Å². The first kappa shape index (κ1) is 16.8. The predicted molar refractivity (Wildman–Crippen MR) is 96.6 cm³/mol. The number of carbonyl (C=O) groups is 1. The largest absolute Gasteiger partial charge is 0.492 e. The van der Waals surface area contributed by atoms with Gasteiger partial charge < -0.3 is 15.4 Å². The highest BCUT2D eigenvalue weighted by Crippen LogP contribution is 2.30. The molecule has 0 fully saturated rings. The summed E-state index contributed by atoms with van der Waals surface area (Å²) < 4.78 is 5.70. The fraction of sp³-hybridized carbons (Fsp3) is 0.316. The van der Waals surface area contributed by atoms with E-state index in [9.17, 15) is 4.79 Å². The highest BCUT2D eigenvalue weighted by molar-refractivity contribution is 6.30. The summed E-state index contributed by atoms with van der Waals surface area (Å²) in [4.78, 5) is 12.5. The molecule has 0 radical (unpaired) electrons. The number of anilines is 1. The van der Waals surface area contributed by atoms with E-state index in [0.29, 0.717) is 18.1 Å². The van der Waals surface area contributed by atoms with Crippen LogP contribution < -0.4 is 15.4 Å². The molecule has 0 bridgehead atoms. The summed E-state index contributed by atoms with van der Waals surface area (Å²) in [5, 5.41) is 6.94. The van der Waals surface area contributed by atoms with E-state index in [-0.39, 0.29) is 11.8 Å². The van der Waals surface area contributed by atoms with Gasteiger partial charge in [-0.3, -0.25) is 4.79 Å². The third-order valence-corrected chi connectivity index (χ3v) is 4.31. The molecule has 24 heavy (non-hydrogen) atoms. The first-order valence-electron chi connectivity index (χ1n) is 8.17. The van der Waals surface area contributed by atoms with E-state index in [0.717, 1.165) is 35.7 Å². The highest BCUT2D eigenvalue weighted by atomic mass is 35.5. The van der Waals surface area contributed by atoms with Gasteiger partial charge in [0.2, 0.25) is 5.91 Å². The Morgan fingerprint density at radius 1 is 1.29 bits per heavy atom. The van der Waals surface area contributed by atoms with Gasteiger partial charge in [0.1, 0.15) is 12.4 Å². The third kappa shape index (κ3) is 4.08. The summed E-state index contributed by atoms with van der Waals surface area (Å²) >= 11 is 6.03. The minimum atomic E-state index is -0.214. The number of nitrogens with one attached hydrogen (secondary N) is 2. The fourth-order valence-corrected chi connectivity index (χ4v) is 3.00. The first-order valence-corrected chi connectivity index (χ1v) is 8.55. The average molecular weight is 345 g/mol. The number of halogens is 1. The molecule has 1 aliphatic rings. The van der Waals surface area contributed by atoms with Crippen molar-refractivity contribution in [2.24, 2.45) is 5.92 Å². The molecule has 1 unspecified atom stereocenters. The highest BCUT2D eigenvalue weighted by Gasteiger charge is 2.26. The van der Waals surface area contributed by atoms with Crippen molar-refractivity contribution in [1.29, 1.82) is 0 Å². The van der Waals surface area contributed by atoms with Crippen LogP contribution in [0.1, 0.15) is 18.1 Å². The Labute approximate surface area is 147 Å². The Balaban J connectivity index is 1.65. The summed E-state index contributed by atoms with van der Waals surface area (Å²) in [6.07, 6.45) is 0.638. The Morgan fingerprint density at radius 2 is 2.17 bits per heavy atom. The quantitative estimate of drug-likeness (QED) is 0.870.